The number of halogens is 4. The van der Waals surface area contributed by atoms with Gasteiger partial charge in [-0.1, -0.05) is 0 Å². The summed E-state index contributed by atoms with van der Waals surface area (Å²) in [4.78, 5) is 60.0. The van der Waals surface area contributed by atoms with Gasteiger partial charge >= 0.3 is 34.9 Å². The molecule has 0 atom stereocenters. The molecule has 0 fully saturated rings. The molecule has 0 aliphatic heterocycles. The van der Waals surface area contributed by atoms with Gasteiger partial charge in [0.2, 0.25) is 0 Å². The predicted octanol–water partition coefficient (Wildman–Crippen LogP) is -1.01. The van der Waals surface area contributed by atoms with E-state index in [1.165, 1.54) is 6.92 Å². The van der Waals surface area contributed by atoms with Crippen molar-refractivity contribution in [2.75, 3.05) is 26.9 Å². The lowest BCUT2D eigenvalue weighted by Gasteiger charge is -2.25. The van der Waals surface area contributed by atoms with Crippen LogP contribution in [0.15, 0.2) is 14.4 Å². The van der Waals surface area contributed by atoms with Crippen LogP contribution in [0.1, 0.15) is 19.8 Å². The number of esters is 1. The summed E-state index contributed by atoms with van der Waals surface area (Å²) < 4.78 is 63.3. The third kappa shape index (κ3) is 6.59. The minimum absolute atomic E-state index is 0.223. The molecule has 0 unspecified atom stereocenters. The Kier molecular flexibility index (Phi) is 9.51. The maximum absolute atomic E-state index is 13.5. The van der Waals surface area contributed by atoms with Crippen LogP contribution >= 0.6 is 0 Å². The number of aliphatic hydroxyl groups excluding tert-OH is 1. The Hall–Kier alpha value is -2.81. The number of hydrogen-bond acceptors (Lipinski definition) is 8. The van der Waals surface area contributed by atoms with E-state index in [4.69, 9.17) is 5.11 Å². The van der Waals surface area contributed by atoms with Crippen molar-refractivity contribution in [3.8, 4) is 0 Å². The van der Waals surface area contributed by atoms with Gasteiger partial charge in [0.15, 0.2) is 6.61 Å². The van der Waals surface area contributed by atoms with Gasteiger partial charge in [-0.3, -0.25) is 9.59 Å². The fourth-order valence-corrected chi connectivity index (χ4v) is 2.46. The smallest absolute Gasteiger partial charge is 0.345 e. The van der Waals surface area contributed by atoms with Crippen molar-refractivity contribution in [2.24, 2.45) is 0 Å². The number of carbonyl (C=O) groups excluding carboxylic acids is 2. The largest absolute Gasteiger partial charge is 0.459 e. The molecular weight excluding hydrogens is 450 g/mol. The molecule has 0 spiro atoms. The molecule has 0 amide bonds. The van der Waals surface area contributed by atoms with E-state index in [2.05, 4.69) is 9.47 Å². The van der Waals surface area contributed by atoms with Gasteiger partial charge in [-0.15, -0.1) is 0 Å². The first-order valence-corrected chi connectivity index (χ1v) is 9.24. The van der Waals surface area contributed by atoms with Crippen molar-refractivity contribution in [1.82, 2.24) is 13.7 Å². The van der Waals surface area contributed by atoms with E-state index in [9.17, 15) is 41.5 Å². The van der Waals surface area contributed by atoms with E-state index in [1.54, 1.807) is 0 Å². The molecule has 1 N–H and O–H groups in total. The van der Waals surface area contributed by atoms with Crippen molar-refractivity contribution in [1.29, 1.82) is 0 Å². The Balaban J connectivity index is 3.05. The van der Waals surface area contributed by atoms with E-state index in [-0.39, 0.29) is 18.7 Å². The van der Waals surface area contributed by atoms with Gasteiger partial charge < -0.3 is 14.6 Å². The third-order valence-electron chi connectivity index (χ3n) is 4.21. The summed E-state index contributed by atoms with van der Waals surface area (Å²) in [6.07, 6.45) is -1.07. The highest BCUT2D eigenvalue weighted by molar-refractivity contribution is 5.75. The summed E-state index contributed by atoms with van der Waals surface area (Å²) in [7, 11) is 0.785. The summed E-state index contributed by atoms with van der Waals surface area (Å²) in [6, 6.07) is 0. The Labute approximate surface area is 177 Å². The van der Waals surface area contributed by atoms with Crippen molar-refractivity contribution in [2.45, 2.75) is 51.2 Å². The number of aromatic nitrogens is 3. The van der Waals surface area contributed by atoms with Crippen LogP contribution < -0.4 is 17.1 Å². The van der Waals surface area contributed by atoms with Crippen LogP contribution in [0, 0.1) is 0 Å². The van der Waals surface area contributed by atoms with Gasteiger partial charge in [-0.2, -0.15) is 17.6 Å². The number of ketones is 1. The second-order valence-electron chi connectivity index (χ2n) is 6.73. The van der Waals surface area contributed by atoms with Crippen LogP contribution in [0.5, 0.6) is 0 Å². The van der Waals surface area contributed by atoms with Gasteiger partial charge in [-0.25, -0.2) is 28.1 Å². The molecule has 0 saturated carbocycles. The van der Waals surface area contributed by atoms with E-state index >= 15 is 0 Å². The van der Waals surface area contributed by atoms with E-state index in [0.29, 0.717) is 13.7 Å². The summed E-state index contributed by atoms with van der Waals surface area (Å²) in [6.45, 7) is -4.64. The first-order chi connectivity index (χ1) is 14.8. The van der Waals surface area contributed by atoms with Crippen LogP contribution in [0.3, 0.4) is 0 Å². The normalized spacial score (nSPS) is 12.1. The van der Waals surface area contributed by atoms with Gasteiger partial charge in [0.05, 0.1) is 19.6 Å². The zero-order valence-corrected chi connectivity index (χ0v) is 17.3. The molecule has 0 radical (unpaired) electrons. The molecule has 0 bridgehead atoms. The molecular formula is C17H23F4N3O8. The van der Waals surface area contributed by atoms with Gasteiger partial charge in [-0.05, 0) is 6.92 Å². The van der Waals surface area contributed by atoms with Crippen molar-refractivity contribution in [3.05, 3.63) is 31.5 Å². The average Bonchev–Trinajstić information content (AvgIpc) is 2.69. The van der Waals surface area contributed by atoms with Crippen LogP contribution in [0.4, 0.5) is 17.6 Å². The molecule has 1 heterocycles. The molecule has 32 heavy (non-hydrogen) atoms. The van der Waals surface area contributed by atoms with Crippen LogP contribution in [-0.2, 0) is 38.7 Å². The lowest BCUT2D eigenvalue weighted by molar-refractivity contribution is -0.246. The minimum Gasteiger partial charge on any atom is -0.459 e. The van der Waals surface area contributed by atoms with Gasteiger partial charge in [0, 0.05) is 26.6 Å². The van der Waals surface area contributed by atoms with Gasteiger partial charge in [0.1, 0.15) is 12.4 Å². The highest BCUT2D eigenvalue weighted by Crippen LogP contribution is 2.34. The third-order valence-corrected chi connectivity index (χ3v) is 4.21. The van der Waals surface area contributed by atoms with Crippen LogP contribution in [0.2, 0.25) is 0 Å². The molecule has 15 heteroatoms. The predicted molar refractivity (Wildman–Crippen MR) is 99.0 cm³/mol. The fraction of sp³-hybridized carbons (Fsp3) is 0.706. The molecule has 1 aromatic rings. The summed E-state index contributed by atoms with van der Waals surface area (Å²) in [5.74, 6) is -11.1. The number of carbonyl (C=O) groups is 2. The zero-order chi connectivity index (χ0) is 24.7. The summed E-state index contributed by atoms with van der Waals surface area (Å²) in [5.41, 5.74) is -3.47. The van der Waals surface area contributed by atoms with Crippen molar-refractivity contribution in [3.63, 3.8) is 0 Å². The molecule has 0 aromatic carbocycles. The number of aliphatic hydroxyl groups is 1. The standard InChI is InChI=1S/C17H23F4N3O8/c1-11(26)3-5-22-13(28)23(15(30)24(7-8-25)14(22)29)6-4-12(27)32-10-17(20,21)16(18,19)9-31-2/h25H,3-10H2,1-2H3. The second-order valence-corrected chi connectivity index (χ2v) is 6.73. The number of rotatable bonds is 13. The molecule has 0 aliphatic carbocycles. The van der Waals surface area contributed by atoms with Crippen molar-refractivity contribution >= 4 is 11.8 Å². The molecule has 0 aliphatic rings. The SMILES string of the molecule is COCC(F)(F)C(F)(F)COC(=O)CCn1c(=O)n(CCO)c(=O)n(CCC(C)=O)c1=O. The number of hydrogen-bond donors (Lipinski definition) is 1. The first kappa shape index (κ1) is 27.2. The lowest BCUT2D eigenvalue weighted by atomic mass is 10.2. The molecule has 182 valence electrons. The quantitative estimate of drug-likeness (QED) is 0.284. The van der Waals surface area contributed by atoms with E-state index in [0.717, 1.165) is 7.11 Å². The number of methoxy groups -OCH3 is 1. The maximum Gasteiger partial charge on any atom is 0.345 e. The summed E-state index contributed by atoms with van der Waals surface area (Å²) in [5, 5.41) is 9.04. The topological polar surface area (TPSA) is 139 Å². The van der Waals surface area contributed by atoms with E-state index in [1.807, 2.05) is 0 Å². The Morgan fingerprint density at radius 3 is 1.72 bits per heavy atom. The fourth-order valence-electron chi connectivity index (χ4n) is 2.46. The van der Waals surface area contributed by atoms with Gasteiger partial charge in [0.25, 0.3) is 0 Å². The molecule has 11 nitrogen and oxygen atoms in total. The van der Waals surface area contributed by atoms with E-state index < -0.39 is 74.2 Å². The Morgan fingerprint density at radius 1 is 0.844 bits per heavy atom. The number of ether oxygens (including phenoxy) is 2. The van der Waals surface area contributed by atoms with Crippen molar-refractivity contribution < 1.29 is 41.7 Å². The highest BCUT2D eigenvalue weighted by atomic mass is 19.3. The number of Topliss-reactive ketones (excluding diaryl/α,β-unsaturated/α-hetero) is 1. The van der Waals surface area contributed by atoms with Crippen LogP contribution in [0.25, 0.3) is 0 Å². The highest BCUT2D eigenvalue weighted by Gasteiger charge is 2.57. The Morgan fingerprint density at radius 2 is 1.28 bits per heavy atom. The number of nitrogens with zero attached hydrogens (tertiary/aromatic N) is 3. The molecule has 1 rings (SSSR count). The lowest BCUT2D eigenvalue weighted by Crippen LogP contribution is -2.55. The Bertz CT molecular complexity index is 999. The van der Waals surface area contributed by atoms with Crippen LogP contribution in [-0.4, -0.2) is 69.3 Å². The first-order valence-electron chi connectivity index (χ1n) is 9.24. The zero-order valence-electron chi connectivity index (χ0n) is 17.3. The maximum atomic E-state index is 13.5. The average molecular weight is 473 g/mol. The molecule has 1 aromatic heterocycles. The summed E-state index contributed by atoms with van der Waals surface area (Å²) >= 11 is 0. The molecule has 0 saturated heterocycles. The number of alkyl halides is 4. The second kappa shape index (κ2) is 11.2. The monoisotopic (exact) mass is 473 g/mol. The minimum atomic E-state index is -4.73.